The van der Waals surface area contributed by atoms with Crippen molar-refractivity contribution in [3.05, 3.63) is 82.4 Å². The predicted octanol–water partition coefficient (Wildman–Crippen LogP) is 5.83. The second-order valence-corrected chi connectivity index (χ2v) is 6.64. The molecule has 0 N–H and O–H groups in total. The Morgan fingerprint density at radius 2 is 1.62 bits per heavy atom. The molecular formula is C23H17F2N. The molecule has 3 aromatic carbocycles. The topological polar surface area (TPSA) is 23.8 Å². The molecule has 0 amide bonds. The normalized spacial score (nSPS) is 12.2. The van der Waals surface area contributed by atoms with Crippen LogP contribution in [0.25, 0.3) is 22.3 Å². The standard InChI is InChI=1S/C23H17F2N/c1-2-14-3-8-19-15(9-14)4-5-16-10-21(23(25)12-20(16)19)17-6-7-18(13-26)22(24)11-17/h3,6-12H,2,4-5H2,1H3. The first-order valence-electron chi connectivity index (χ1n) is 8.75. The fourth-order valence-electron chi connectivity index (χ4n) is 3.68. The molecule has 0 bridgehead atoms. The number of hydrogen-bond donors (Lipinski definition) is 0. The molecule has 26 heavy (non-hydrogen) atoms. The molecular weight excluding hydrogens is 328 g/mol. The average molecular weight is 345 g/mol. The first-order chi connectivity index (χ1) is 12.6. The van der Waals surface area contributed by atoms with Gasteiger partial charge in [0.25, 0.3) is 0 Å². The summed E-state index contributed by atoms with van der Waals surface area (Å²) in [5.74, 6) is -1.00. The number of halogens is 2. The number of nitrogens with zero attached hydrogens (tertiary/aromatic N) is 1. The van der Waals surface area contributed by atoms with E-state index in [0.29, 0.717) is 11.1 Å². The zero-order valence-corrected chi connectivity index (χ0v) is 14.4. The Labute approximate surface area is 151 Å². The van der Waals surface area contributed by atoms with Crippen molar-refractivity contribution in [2.24, 2.45) is 0 Å². The Balaban J connectivity index is 1.83. The summed E-state index contributed by atoms with van der Waals surface area (Å²) >= 11 is 0. The quantitative estimate of drug-likeness (QED) is 0.573. The molecule has 3 aromatic rings. The summed E-state index contributed by atoms with van der Waals surface area (Å²) in [5.41, 5.74) is 6.42. The van der Waals surface area contributed by atoms with Gasteiger partial charge in [-0.15, -0.1) is 0 Å². The molecule has 4 rings (SSSR count). The number of nitriles is 1. The monoisotopic (exact) mass is 345 g/mol. The van der Waals surface area contributed by atoms with Crippen molar-refractivity contribution in [2.75, 3.05) is 0 Å². The van der Waals surface area contributed by atoms with Crippen LogP contribution in [0, 0.1) is 23.0 Å². The first kappa shape index (κ1) is 16.5. The Morgan fingerprint density at radius 3 is 2.31 bits per heavy atom. The first-order valence-corrected chi connectivity index (χ1v) is 8.75. The van der Waals surface area contributed by atoms with Crippen LogP contribution in [-0.2, 0) is 19.3 Å². The van der Waals surface area contributed by atoms with E-state index in [0.717, 1.165) is 36.0 Å². The van der Waals surface area contributed by atoms with Gasteiger partial charge in [-0.05, 0) is 76.9 Å². The van der Waals surface area contributed by atoms with Gasteiger partial charge < -0.3 is 0 Å². The Kier molecular flexibility index (Phi) is 4.05. The van der Waals surface area contributed by atoms with Gasteiger partial charge in [0.2, 0.25) is 0 Å². The van der Waals surface area contributed by atoms with Crippen LogP contribution < -0.4 is 0 Å². The summed E-state index contributed by atoms with van der Waals surface area (Å²) < 4.78 is 28.8. The molecule has 1 aliphatic carbocycles. The molecule has 0 spiro atoms. The van der Waals surface area contributed by atoms with Gasteiger partial charge in [-0.2, -0.15) is 5.26 Å². The number of rotatable bonds is 2. The van der Waals surface area contributed by atoms with Crippen LogP contribution in [0.15, 0.2) is 48.5 Å². The fraction of sp³-hybridized carbons (Fsp3) is 0.174. The fourth-order valence-corrected chi connectivity index (χ4v) is 3.68. The Hall–Kier alpha value is -2.99. The van der Waals surface area contributed by atoms with E-state index in [1.165, 1.54) is 23.3 Å². The molecule has 0 atom stereocenters. The van der Waals surface area contributed by atoms with Crippen LogP contribution in [0.3, 0.4) is 0 Å². The van der Waals surface area contributed by atoms with Crippen LogP contribution in [0.1, 0.15) is 29.2 Å². The molecule has 0 unspecified atom stereocenters. The lowest BCUT2D eigenvalue weighted by Gasteiger charge is -2.22. The van der Waals surface area contributed by atoms with Crippen molar-refractivity contribution in [1.82, 2.24) is 0 Å². The van der Waals surface area contributed by atoms with Gasteiger partial charge in [-0.1, -0.05) is 31.2 Å². The van der Waals surface area contributed by atoms with Crippen LogP contribution in [-0.4, -0.2) is 0 Å². The van der Waals surface area contributed by atoms with E-state index in [1.807, 2.05) is 6.07 Å². The van der Waals surface area contributed by atoms with E-state index in [1.54, 1.807) is 18.2 Å². The summed E-state index contributed by atoms with van der Waals surface area (Å²) in [6, 6.07) is 15.8. The van der Waals surface area contributed by atoms with Crippen molar-refractivity contribution in [3.63, 3.8) is 0 Å². The van der Waals surface area contributed by atoms with Crippen molar-refractivity contribution >= 4 is 0 Å². The third kappa shape index (κ3) is 2.68. The van der Waals surface area contributed by atoms with Gasteiger partial charge in [-0.3, -0.25) is 0 Å². The Bertz CT molecular complexity index is 1060. The largest absolute Gasteiger partial charge is 0.206 e. The number of aryl methyl sites for hydroxylation is 3. The summed E-state index contributed by atoms with van der Waals surface area (Å²) in [4.78, 5) is 0. The van der Waals surface area contributed by atoms with Gasteiger partial charge in [-0.25, -0.2) is 8.78 Å². The molecule has 0 radical (unpaired) electrons. The average Bonchev–Trinajstić information content (AvgIpc) is 2.66. The Morgan fingerprint density at radius 1 is 0.846 bits per heavy atom. The van der Waals surface area contributed by atoms with Crippen molar-refractivity contribution in [1.29, 1.82) is 5.26 Å². The highest BCUT2D eigenvalue weighted by Gasteiger charge is 2.20. The van der Waals surface area contributed by atoms with E-state index < -0.39 is 5.82 Å². The lowest BCUT2D eigenvalue weighted by atomic mass is 9.83. The van der Waals surface area contributed by atoms with E-state index in [-0.39, 0.29) is 11.4 Å². The smallest absolute Gasteiger partial charge is 0.141 e. The predicted molar refractivity (Wildman–Crippen MR) is 98.7 cm³/mol. The van der Waals surface area contributed by atoms with E-state index in [2.05, 4.69) is 25.1 Å². The minimum Gasteiger partial charge on any atom is -0.206 e. The summed E-state index contributed by atoms with van der Waals surface area (Å²) in [6.07, 6.45) is 2.74. The highest BCUT2D eigenvalue weighted by atomic mass is 19.1. The molecule has 128 valence electrons. The minimum absolute atomic E-state index is 0.0345. The second-order valence-electron chi connectivity index (χ2n) is 6.64. The molecule has 3 heteroatoms. The maximum absolute atomic E-state index is 14.8. The van der Waals surface area contributed by atoms with Crippen LogP contribution in [0.4, 0.5) is 8.78 Å². The van der Waals surface area contributed by atoms with Crippen molar-refractivity contribution in [2.45, 2.75) is 26.2 Å². The highest BCUT2D eigenvalue weighted by Crippen LogP contribution is 2.38. The zero-order valence-electron chi connectivity index (χ0n) is 14.4. The molecule has 0 aromatic heterocycles. The van der Waals surface area contributed by atoms with E-state index in [9.17, 15) is 8.78 Å². The molecule has 0 fully saturated rings. The summed E-state index contributed by atoms with van der Waals surface area (Å²) in [7, 11) is 0. The third-order valence-electron chi connectivity index (χ3n) is 5.13. The van der Waals surface area contributed by atoms with Crippen molar-refractivity contribution in [3.8, 4) is 28.3 Å². The lowest BCUT2D eigenvalue weighted by molar-refractivity contribution is 0.621. The van der Waals surface area contributed by atoms with E-state index >= 15 is 0 Å². The molecule has 0 aliphatic heterocycles. The SMILES string of the molecule is CCc1ccc2c(c1)CCc1cc(-c3ccc(C#N)c(F)c3)c(F)cc1-2. The van der Waals surface area contributed by atoms with Gasteiger partial charge in [0.1, 0.15) is 17.7 Å². The number of benzene rings is 3. The molecule has 0 saturated carbocycles. The highest BCUT2D eigenvalue weighted by molar-refractivity contribution is 5.78. The maximum atomic E-state index is 14.8. The van der Waals surface area contributed by atoms with Gasteiger partial charge in [0, 0.05) is 5.56 Å². The summed E-state index contributed by atoms with van der Waals surface area (Å²) in [5, 5.41) is 8.86. The molecule has 0 saturated heterocycles. The molecule has 0 heterocycles. The second kappa shape index (κ2) is 6.38. The number of fused-ring (bicyclic) bond motifs is 3. The minimum atomic E-state index is -0.625. The summed E-state index contributed by atoms with van der Waals surface area (Å²) in [6.45, 7) is 2.13. The van der Waals surface area contributed by atoms with Crippen LogP contribution in [0.2, 0.25) is 0 Å². The van der Waals surface area contributed by atoms with Gasteiger partial charge >= 0.3 is 0 Å². The van der Waals surface area contributed by atoms with Crippen LogP contribution >= 0.6 is 0 Å². The zero-order chi connectivity index (χ0) is 18.3. The van der Waals surface area contributed by atoms with Gasteiger partial charge in [0.15, 0.2) is 0 Å². The lowest BCUT2D eigenvalue weighted by Crippen LogP contribution is -2.06. The molecule has 1 aliphatic rings. The van der Waals surface area contributed by atoms with E-state index in [4.69, 9.17) is 5.26 Å². The molecule has 1 nitrogen and oxygen atoms in total. The van der Waals surface area contributed by atoms with Crippen LogP contribution in [0.5, 0.6) is 0 Å². The maximum Gasteiger partial charge on any atom is 0.141 e. The number of hydrogen-bond acceptors (Lipinski definition) is 1. The third-order valence-corrected chi connectivity index (χ3v) is 5.13. The van der Waals surface area contributed by atoms with Gasteiger partial charge in [0.05, 0.1) is 5.56 Å². The van der Waals surface area contributed by atoms with Crippen molar-refractivity contribution < 1.29 is 8.78 Å².